The van der Waals surface area contributed by atoms with Crippen molar-refractivity contribution in [3.63, 3.8) is 0 Å². The van der Waals surface area contributed by atoms with Gasteiger partial charge < -0.3 is 15.0 Å². The maximum atomic E-state index is 12.9. The first-order valence-electron chi connectivity index (χ1n) is 10.2. The maximum Gasteiger partial charge on any atom is 0.255 e. The van der Waals surface area contributed by atoms with E-state index in [-0.39, 0.29) is 11.8 Å². The van der Waals surface area contributed by atoms with Gasteiger partial charge in [-0.05, 0) is 67.8 Å². The summed E-state index contributed by atoms with van der Waals surface area (Å²) < 4.78 is 5.77. The van der Waals surface area contributed by atoms with Crippen molar-refractivity contribution in [2.24, 2.45) is 0 Å². The van der Waals surface area contributed by atoms with E-state index in [1.807, 2.05) is 47.4 Å². The Morgan fingerprint density at radius 2 is 1.37 bits per heavy atom. The van der Waals surface area contributed by atoms with Gasteiger partial charge in [-0.15, -0.1) is 0 Å². The summed E-state index contributed by atoms with van der Waals surface area (Å²) >= 11 is 0. The summed E-state index contributed by atoms with van der Waals surface area (Å²) in [6.45, 7) is 1.54. The molecule has 5 heteroatoms. The number of para-hydroxylation sites is 2. The van der Waals surface area contributed by atoms with Crippen LogP contribution < -0.4 is 10.1 Å². The second-order valence-electron chi connectivity index (χ2n) is 7.29. The van der Waals surface area contributed by atoms with Crippen molar-refractivity contribution in [2.45, 2.75) is 19.3 Å². The molecule has 1 heterocycles. The molecule has 3 aromatic rings. The van der Waals surface area contributed by atoms with Crippen molar-refractivity contribution in [3.05, 3.63) is 90.0 Å². The third-order valence-corrected chi connectivity index (χ3v) is 5.14. The fourth-order valence-electron chi connectivity index (χ4n) is 3.54. The quantitative estimate of drug-likeness (QED) is 0.627. The van der Waals surface area contributed by atoms with E-state index in [4.69, 9.17) is 4.74 Å². The van der Waals surface area contributed by atoms with Gasteiger partial charge in [0.05, 0.1) is 11.3 Å². The fourth-order valence-corrected chi connectivity index (χ4v) is 3.54. The number of hydrogen-bond donors (Lipinski definition) is 1. The van der Waals surface area contributed by atoms with Crippen molar-refractivity contribution in [1.82, 2.24) is 4.90 Å². The van der Waals surface area contributed by atoms with Gasteiger partial charge in [-0.3, -0.25) is 9.59 Å². The Morgan fingerprint density at radius 1 is 0.733 bits per heavy atom. The number of hydrogen-bond acceptors (Lipinski definition) is 3. The molecule has 0 bridgehead atoms. The van der Waals surface area contributed by atoms with Crippen LogP contribution in [0.5, 0.6) is 11.5 Å². The maximum absolute atomic E-state index is 12.9. The first-order chi connectivity index (χ1) is 14.7. The van der Waals surface area contributed by atoms with Crippen LogP contribution in [0, 0.1) is 0 Å². The summed E-state index contributed by atoms with van der Waals surface area (Å²) in [6.07, 6.45) is 3.21. The van der Waals surface area contributed by atoms with Crippen LogP contribution in [0.4, 0.5) is 5.69 Å². The number of piperidine rings is 1. The zero-order chi connectivity index (χ0) is 20.8. The normalized spacial score (nSPS) is 13.5. The lowest BCUT2D eigenvalue weighted by atomic mass is 10.1. The van der Waals surface area contributed by atoms with Gasteiger partial charge in [0.1, 0.15) is 11.5 Å². The average Bonchev–Trinajstić information content (AvgIpc) is 2.81. The van der Waals surface area contributed by atoms with E-state index in [2.05, 4.69) is 5.32 Å². The molecule has 0 saturated carbocycles. The largest absolute Gasteiger partial charge is 0.457 e. The number of carbonyl (C=O) groups is 2. The summed E-state index contributed by atoms with van der Waals surface area (Å²) in [5.41, 5.74) is 1.55. The number of likely N-dealkylation sites (tertiary alicyclic amines) is 1. The number of nitrogens with one attached hydrogen (secondary N) is 1. The molecule has 0 radical (unpaired) electrons. The summed E-state index contributed by atoms with van der Waals surface area (Å²) in [5, 5.41) is 2.89. The van der Waals surface area contributed by atoms with Crippen LogP contribution >= 0.6 is 0 Å². The molecule has 2 amide bonds. The average molecular weight is 400 g/mol. The van der Waals surface area contributed by atoms with Gasteiger partial charge >= 0.3 is 0 Å². The second-order valence-corrected chi connectivity index (χ2v) is 7.29. The molecule has 30 heavy (non-hydrogen) atoms. The summed E-state index contributed by atoms with van der Waals surface area (Å²) in [4.78, 5) is 27.5. The van der Waals surface area contributed by atoms with Crippen LogP contribution in [-0.2, 0) is 0 Å². The van der Waals surface area contributed by atoms with Gasteiger partial charge in [0, 0.05) is 18.7 Å². The lowest BCUT2D eigenvalue weighted by Crippen LogP contribution is -2.36. The highest BCUT2D eigenvalue weighted by Gasteiger charge is 2.21. The Morgan fingerprint density at radius 3 is 2.10 bits per heavy atom. The van der Waals surface area contributed by atoms with E-state index in [0.29, 0.717) is 22.6 Å². The third kappa shape index (κ3) is 4.69. The Bertz CT molecular complexity index is 1010. The molecule has 5 nitrogen and oxygen atoms in total. The van der Waals surface area contributed by atoms with Gasteiger partial charge in [-0.2, -0.15) is 0 Å². The van der Waals surface area contributed by atoms with Crippen LogP contribution in [0.3, 0.4) is 0 Å². The molecule has 0 aromatic heterocycles. The number of amides is 2. The molecular weight excluding hydrogens is 376 g/mol. The monoisotopic (exact) mass is 400 g/mol. The van der Waals surface area contributed by atoms with E-state index >= 15 is 0 Å². The number of ether oxygens (including phenoxy) is 1. The van der Waals surface area contributed by atoms with Crippen molar-refractivity contribution in [3.8, 4) is 11.5 Å². The van der Waals surface area contributed by atoms with Crippen LogP contribution in [0.2, 0.25) is 0 Å². The van der Waals surface area contributed by atoms with Crippen LogP contribution in [0.15, 0.2) is 78.9 Å². The molecule has 1 aliphatic heterocycles. The Labute approximate surface area is 176 Å². The minimum atomic E-state index is -0.264. The lowest BCUT2D eigenvalue weighted by Gasteiger charge is -2.27. The van der Waals surface area contributed by atoms with E-state index < -0.39 is 0 Å². The molecule has 1 aliphatic rings. The second kappa shape index (κ2) is 9.27. The number of benzene rings is 3. The first kappa shape index (κ1) is 19.7. The zero-order valence-electron chi connectivity index (χ0n) is 16.7. The van der Waals surface area contributed by atoms with E-state index in [9.17, 15) is 9.59 Å². The van der Waals surface area contributed by atoms with Crippen LogP contribution in [0.25, 0.3) is 0 Å². The third-order valence-electron chi connectivity index (χ3n) is 5.14. The molecule has 1 saturated heterocycles. The fraction of sp³-hybridized carbons (Fsp3) is 0.200. The van der Waals surface area contributed by atoms with Crippen LogP contribution in [-0.4, -0.2) is 29.8 Å². The predicted molar refractivity (Wildman–Crippen MR) is 117 cm³/mol. The highest BCUT2D eigenvalue weighted by atomic mass is 16.5. The molecule has 0 aliphatic carbocycles. The summed E-state index contributed by atoms with van der Waals surface area (Å²) in [5.74, 6) is 1.09. The molecule has 1 N–H and O–H groups in total. The summed E-state index contributed by atoms with van der Waals surface area (Å²) in [7, 11) is 0. The highest BCUT2D eigenvalue weighted by Crippen LogP contribution is 2.23. The van der Waals surface area contributed by atoms with E-state index in [1.165, 1.54) is 0 Å². The molecule has 0 atom stereocenters. The Hall–Kier alpha value is -3.60. The molecule has 1 fully saturated rings. The molecule has 3 aromatic carbocycles. The minimum Gasteiger partial charge on any atom is -0.457 e. The van der Waals surface area contributed by atoms with Gasteiger partial charge in [0.25, 0.3) is 11.8 Å². The number of anilines is 1. The molecule has 4 rings (SSSR count). The topological polar surface area (TPSA) is 58.6 Å². The standard InChI is InChI=1S/C25H24N2O3/c28-24(19-13-15-21(16-14-19)30-20-9-3-1-4-10-20)26-23-12-6-5-11-22(23)25(29)27-17-7-2-8-18-27/h1,3-6,9-16H,2,7-8,17-18H2,(H,26,28). The van der Waals surface area contributed by atoms with Crippen LogP contribution in [0.1, 0.15) is 40.0 Å². The van der Waals surface area contributed by atoms with Gasteiger partial charge in [0.2, 0.25) is 0 Å². The molecular formula is C25H24N2O3. The number of carbonyl (C=O) groups excluding carboxylic acids is 2. The Kier molecular flexibility index (Phi) is 6.09. The molecule has 152 valence electrons. The van der Waals surface area contributed by atoms with Gasteiger partial charge in [0.15, 0.2) is 0 Å². The van der Waals surface area contributed by atoms with Crippen molar-refractivity contribution < 1.29 is 14.3 Å². The lowest BCUT2D eigenvalue weighted by molar-refractivity contribution is 0.0725. The SMILES string of the molecule is O=C(Nc1ccccc1C(=O)N1CCCCC1)c1ccc(Oc2ccccc2)cc1. The molecule has 0 spiro atoms. The van der Waals surface area contributed by atoms with Gasteiger partial charge in [-0.1, -0.05) is 30.3 Å². The summed E-state index contributed by atoms with van der Waals surface area (Å²) in [6, 6.07) is 23.6. The van der Waals surface area contributed by atoms with Crippen molar-refractivity contribution in [1.29, 1.82) is 0 Å². The first-order valence-corrected chi connectivity index (χ1v) is 10.2. The van der Waals surface area contributed by atoms with E-state index in [1.54, 1.807) is 36.4 Å². The highest BCUT2D eigenvalue weighted by molar-refractivity contribution is 6.09. The molecule has 0 unspecified atom stereocenters. The smallest absolute Gasteiger partial charge is 0.255 e. The minimum absolute atomic E-state index is 0.0304. The van der Waals surface area contributed by atoms with Crippen molar-refractivity contribution >= 4 is 17.5 Å². The number of nitrogens with zero attached hydrogens (tertiary/aromatic N) is 1. The van der Waals surface area contributed by atoms with E-state index in [0.717, 1.165) is 38.1 Å². The van der Waals surface area contributed by atoms with Gasteiger partial charge in [-0.25, -0.2) is 0 Å². The zero-order valence-corrected chi connectivity index (χ0v) is 16.7. The number of rotatable bonds is 5. The van der Waals surface area contributed by atoms with Crippen molar-refractivity contribution in [2.75, 3.05) is 18.4 Å². The predicted octanol–water partition coefficient (Wildman–Crippen LogP) is 5.36. The Balaban J connectivity index is 1.45.